The lowest BCUT2D eigenvalue weighted by molar-refractivity contribution is 0.679. The van der Waals surface area contributed by atoms with E-state index in [9.17, 15) is 4.21 Å². The lowest BCUT2D eigenvalue weighted by Gasteiger charge is -2.07. The molecule has 0 aliphatic carbocycles. The van der Waals surface area contributed by atoms with Gasteiger partial charge in [0.2, 0.25) is 0 Å². The zero-order chi connectivity index (χ0) is 9.42. The predicted molar refractivity (Wildman–Crippen MR) is 56.6 cm³/mol. The van der Waals surface area contributed by atoms with E-state index in [2.05, 4.69) is 18.8 Å². The fourth-order valence-corrected chi connectivity index (χ4v) is 3.95. The van der Waals surface area contributed by atoms with Crippen LogP contribution in [-0.2, 0) is 23.0 Å². The summed E-state index contributed by atoms with van der Waals surface area (Å²) in [7, 11) is -0.631. The monoisotopic (exact) mass is 215 g/mol. The average molecular weight is 215 g/mol. The fourth-order valence-electron chi connectivity index (χ4n) is 1.39. The molecule has 1 aromatic heterocycles. The summed E-state index contributed by atoms with van der Waals surface area (Å²) in [5, 5.41) is 1.20. The Morgan fingerprint density at radius 2 is 2.31 bits per heavy atom. The van der Waals surface area contributed by atoms with Gasteiger partial charge in [-0.25, -0.2) is 4.98 Å². The summed E-state index contributed by atoms with van der Waals surface area (Å²) in [5.74, 6) is 2.04. The Bertz CT molecular complexity index is 343. The Kier molecular flexibility index (Phi) is 2.51. The fraction of sp³-hybridized carbons (Fsp3) is 0.667. The lowest BCUT2D eigenvalue weighted by Crippen LogP contribution is -2.11. The average Bonchev–Trinajstić information content (AvgIpc) is 2.46. The molecule has 0 radical (unpaired) electrons. The number of hydrogen-bond donors (Lipinski definition) is 0. The van der Waals surface area contributed by atoms with Crippen LogP contribution >= 0.6 is 11.3 Å². The van der Waals surface area contributed by atoms with Crippen LogP contribution in [0.4, 0.5) is 0 Å². The molecule has 0 spiro atoms. The van der Waals surface area contributed by atoms with E-state index in [1.165, 1.54) is 15.6 Å². The van der Waals surface area contributed by atoms with Crippen molar-refractivity contribution in [2.45, 2.75) is 31.9 Å². The Morgan fingerprint density at radius 3 is 3.00 bits per heavy atom. The molecule has 0 N–H and O–H groups in total. The minimum Gasteiger partial charge on any atom is -0.259 e. The molecule has 0 aromatic carbocycles. The summed E-state index contributed by atoms with van der Waals surface area (Å²) in [6.45, 7) is 4.31. The quantitative estimate of drug-likeness (QED) is 0.718. The largest absolute Gasteiger partial charge is 0.259 e. The molecule has 0 saturated carbocycles. The van der Waals surface area contributed by atoms with Crippen molar-refractivity contribution in [3.63, 3.8) is 0 Å². The highest BCUT2D eigenvalue weighted by Crippen LogP contribution is 2.28. The maximum absolute atomic E-state index is 11.3. The first-order chi connectivity index (χ1) is 6.16. The van der Waals surface area contributed by atoms with Crippen molar-refractivity contribution < 1.29 is 4.21 Å². The summed E-state index contributed by atoms with van der Waals surface area (Å²) in [5.41, 5.74) is 1.20. The normalized spacial score (nSPS) is 21.9. The van der Waals surface area contributed by atoms with Gasteiger partial charge >= 0.3 is 0 Å². The van der Waals surface area contributed by atoms with E-state index in [1.54, 1.807) is 11.3 Å². The topological polar surface area (TPSA) is 30.0 Å². The van der Waals surface area contributed by atoms with E-state index < -0.39 is 10.8 Å². The van der Waals surface area contributed by atoms with Gasteiger partial charge < -0.3 is 0 Å². The van der Waals surface area contributed by atoms with Gasteiger partial charge in [0.25, 0.3) is 0 Å². The first-order valence-electron chi connectivity index (χ1n) is 4.50. The summed E-state index contributed by atoms with van der Waals surface area (Å²) < 4.78 is 11.3. The third-order valence-corrected chi connectivity index (χ3v) is 5.00. The SMILES string of the molecule is CC(C)c1nc2c(s1)CS(=O)CC2. The van der Waals surface area contributed by atoms with Crippen molar-refractivity contribution in [3.8, 4) is 0 Å². The van der Waals surface area contributed by atoms with Gasteiger partial charge in [0.15, 0.2) is 0 Å². The van der Waals surface area contributed by atoms with Crippen LogP contribution in [0.15, 0.2) is 0 Å². The Balaban J connectivity index is 2.33. The number of thiazole rings is 1. The Labute approximate surface area is 84.8 Å². The van der Waals surface area contributed by atoms with E-state index in [0.29, 0.717) is 5.92 Å². The summed E-state index contributed by atoms with van der Waals surface area (Å²) in [6.07, 6.45) is 0.908. The van der Waals surface area contributed by atoms with Gasteiger partial charge in [0, 0.05) is 33.8 Å². The summed E-state index contributed by atoms with van der Waals surface area (Å²) in [4.78, 5) is 5.83. The number of fused-ring (bicyclic) bond motifs is 1. The smallest absolute Gasteiger partial charge is 0.0956 e. The first kappa shape index (κ1) is 9.34. The highest BCUT2D eigenvalue weighted by Gasteiger charge is 2.19. The Morgan fingerprint density at radius 1 is 1.54 bits per heavy atom. The van der Waals surface area contributed by atoms with Crippen LogP contribution in [0.3, 0.4) is 0 Å². The van der Waals surface area contributed by atoms with Gasteiger partial charge in [0.05, 0.1) is 16.5 Å². The predicted octanol–water partition coefficient (Wildman–Crippen LogP) is 2.07. The maximum Gasteiger partial charge on any atom is 0.0956 e. The summed E-state index contributed by atoms with van der Waals surface area (Å²) >= 11 is 1.74. The van der Waals surface area contributed by atoms with E-state index >= 15 is 0 Å². The molecule has 72 valence electrons. The van der Waals surface area contributed by atoms with Crippen molar-refractivity contribution in [1.29, 1.82) is 0 Å². The molecule has 1 atom stereocenters. The van der Waals surface area contributed by atoms with Crippen LogP contribution in [0.1, 0.15) is 35.3 Å². The number of aromatic nitrogens is 1. The van der Waals surface area contributed by atoms with E-state index in [-0.39, 0.29) is 0 Å². The minimum absolute atomic E-state index is 0.504. The van der Waals surface area contributed by atoms with Crippen LogP contribution in [-0.4, -0.2) is 14.9 Å². The second-order valence-electron chi connectivity index (χ2n) is 3.61. The van der Waals surface area contributed by atoms with Gasteiger partial charge in [-0.3, -0.25) is 4.21 Å². The first-order valence-corrected chi connectivity index (χ1v) is 6.80. The number of nitrogens with zero attached hydrogens (tertiary/aromatic N) is 1. The van der Waals surface area contributed by atoms with Crippen molar-refractivity contribution in [3.05, 3.63) is 15.6 Å². The molecule has 2 nitrogen and oxygen atoms in total. The molecule has 2 rings (SSSR count). The maximum atomic E-state index is 11.3. The second-order valence-corrected chi connectivity index (χ2v) is 6.31. The molecule has 1 aromatic rings. The van der Waals surface area contributed by atoms with Gasteiger partial charge in [-0.1, -0.05) is 13.8 Å². The van der Waals surface area contributed by atoms with Crippen molar-refractivity contribution in [2.75, 3.05) is 5.75 Å². The molecule has 0 bridgehead atoms. The molecule has 2 heterocycles. The number of hydrogen-bond acceptors (Lipinski definition) is 3. The van der Waals surface area contributed by atoms with E-state index in [0.717, 1.165) is 17.9 Å². The van der Waals surface area contributed by atoms with Crippen LogP contribution in [0.25, 0.3) is 0 Å². The highest BCUT2D eigenvalue weighted by atomic mass is 32.2. The van der Waals surface area contributed by atoms with E-state index in [1.807, 2.05) is 0 Å². The third kappa shape index (κ3) is 1.83. The minimum atomic E-state index is -0.631. The number of aryl methyl sites for hydroxylation is 1. The van der Waals surface area contributed by atoms with Gasteiger partial charge in [-0.2, -0.15) is 0 Å². The zero-order valence-corrected chi connectivity index (χ0v) is 9.50. The van der Waals surface area contributed by atoms with Crippen LogP contribution in [0.2, 0.25) is 0 Å². The van der Waals surface area contributed by atoms with Crippen molar-refractivity contribution in [2.24, 2.45) is 0 Å². The molecule has 0 amide bonds. The van der Waals surface area contributed by atoms with Crippen LogP contribution in [0.5, 0.6) is 0 Å². The van der Waals surface area contributed by atoms with Gasteiger partial charge in [0.1, 0.15) is 0 Å². The highest BCUT2D eigenvalue weighted by molar-refractivity contribution is 7.84. The molecule has 4 heteroatoms. The molecular formula is C9H13NOS2. The van der Waals surface area contributed by atoms with Crippen LogP contribution < -0.4 is 0 Å². The van der Waals surface area contributed by atoms with Gasteiger partial charge in [-0.15, -0.1) is 11.3 Å². The zero-order valence-electron chi connectivity index (χ0n) is 7.87. The lowest BCUT2D eigenvalue weighted by atomic mass is 10.2. The van der Waals surface area contributed by atoms with Crippen LogP contribution in [0, 0.1) is 0 Å². The summed E-state index contributed by atoms with van der Waals surface area (Å²) in [6, 6.07) is 0. The molecule has 1 aliphatic heterocycles. The molecule has 0 saturated heterocycles. The number of rotatable bonds is 1. The molecular weight excluding hydrogens is 202 g/mol. The Hall–Kier alpha value is -0.220. The third-order valence-electron chi connectivity index (χ3n) is 2.15. The van der Waals surface area contributed by atoms with Crippen molar-refractivity contribution >= 4 is 22.1 Å². The molecule has 13 heavy (non-hydrogen) atoms. The van der Waals surface area contributed by atoms with E-state index in [4.69, 9.17) is 0 Å². The standard InChI is InChI=1S/C9H13NOS2/c1-6(2)9-10-7-3-4-13(11)5-8(7)12-9/h6H,3-5H2,1-2H3. The molecule has 1 aliphatic rings. The van der Waals surface area contributed by atoms with Gasteiger partial charge in [-0.05, 0) is 0 Å². The second kappa shape index (κ2) is 3.50. The molecule has 1 unspecified atom stereocenters. The van der Waals surface area contributed by atoms with Crippen molar-refractivity contribution in [1.82, 2.24) is 4.98 Å². The molecule has 0 fully saturated rings.